The highest BCUT2D eigenvalue weighted by Crippen LogP contribution is 2.46. The third-order valence-electron chi connectivity index (χ3n) is 6.23. The number of ketones is 1. The molecule has 0 saturated carbocycles. The number of halogens is 1. The number of hydrogen-bond acceptors (Lipinski definition) is 7. The first-order valence-corrected chi connectivity index (χ1v) is 11.0. The molecule has 0 bridgehead atoms. The van der Waals surface area contributed by atoms with E-state index in [0.29, 0.717) is 34.2 Å². The Bertz CT molecular complexity index is 1430. The van der Waals surface area contributed by atoms with Crippen molar-refractivity contribution < 1.29 is 38.0 Å². The summed E-state index contributed by atoms with van der Waals surface area (Å²) in [6.45, 7) is 1.59. The Labute approximate surface area is 206 Å². The number of aliphatic hydroxyl groups is 1. The number of amides is 1. The first-order valence-electron chi connectivity index (χ1n) is 11.0. The SMILES string of the molecule is COc1ccc(C2/C(=C(\O)c3ccc(F)c(C)c3)C(=O)C(=O)N2c2ccc3c(c2)OCO3)cc1OC. The van der Waals surface area contributed by atoms with Crippen molar-refractivity contribution in [2.24, 2.45) is 0 Å². The quantitative estimate of drug-likeness (QED) is 0.319. The van der Waals surface area contributed by atoms with E-state index in [1.807, 2.05) is 0 Å². The van der Waals surface area contributed by atoms with E-state index in [-0.39, 0.29) is 23.5 Å². The third kappa shape index (κ3) is 3.69. The Hall–Kier alpha value is -4.53. The lowest BCUT2D eigenvalue weighted by molar-refractivity contribution is -0.132. The van der Waals surface area contributed by atoms with Crippen LogP contribution in [-0.2, 0) is 9.59 Å². The fourth-order valence-electron chi connectivity index (χ4n) is 4.42. The van der Waals surface area contributed by atoms with Gasteiger partial charge in [-0.3, -0.25) is 14.5 Å². The number of aliphatic hydroxyl groups excluding tert-OH is 1. The van der Waals surface area contributed by atoms with Crippen molar-refractivity contribution >= 4 is 23.1 Å². The number of rotatable bonds is 5. The monoisotopic (exact) mass is 491 g/mol. The number of nitrogens with zero attached hydrogens (tertiary/aromatic N) is 1. The molecule has 0 aliphatic carbocycles. The molecular formula is C27H22FNO7. The number of anilines is 1. The minimum Gasteiger partial charge on any atom is -0.507 e. The molecule has 184 valence electrons. The van der Waals surface area contributed by atoms with E-state index in [0.717, 1.165) is 0 Å². The number of benzene rings is 3. The molecule has 3 aromatic rings. The molecule has 1 saturated heterocycles. The summed E-state index contributed by atoms with van der Waals surface area (Å²) in [5.41, 5.74) is 1.21. The van der Waals surface area contributed by atoms with E-state index in [9.17, 15) is 19.1 Å². The van der Waals surface area contributed by atoms with Crippen LogP contribution in [-0.4, -0.2) is 37.8 Å². The van der Waals surface area contributed by atoms with Crippen molar-refractivity contribution in [3.8, 4) is 23.0 Å². The smallest absolute Gasteiger partial charge is 0.300 e. The minimum absolute atomic E-state index is 0.0423. The molecule has 5 rings (SSSR count). The number of carbonyl (C=O) groups excluding carboxylic acids is 2. The fourth-order valence-corrected chi connectivity index (χ4v) is 4.42. The van der Waals surface area contributed by atoms with Crippen LogP contribution < -0.4 is 23.8 Å². The van der Waals surface area contributed by atoms with Crippen LogP contribution in [0.2, 0.25) is 0 Å². The highest BCUT2D eigenvalue weighted by atomic mass is 19.1. The van der Waals surface area contributed by atoms with E-state index in [4.69, 9.17) is 18.9 Å². The van der Waals surface area contributed by atoms with Gasteiger partial charge in [-0.2, -0.15) is 0 Å². The molecule has 0 aromatic heterocycles. The molecule has 0 spiro atoms. The lowest BCUT2D eigenvalue weighted by atomic mass is 9.94. The van der Waals surface area contributed by atoms with Crippen molar-refractivity contribution in [2.45, 2.75) is 13.0 Å². The Morgan fingerprint density at radius 3 is 2.44 bits per heavy atom. The summed E-state index contributed by atoms with van der Waals surface area (Å²) in [6, 6.07) is 12.8. The number of aryl methyl sites for hydroxylation is 1. The van der Waals surface area contributed by atoms with E-state index in [2.05, 4.69) is 0 Å². The molecule has 8 nitrogen and oxygen atoms in total. The number of Topliss-reactive ketones (excluding diaryl/α,β-unsaturated/α-hetero) is 1. The summed E-state index contributed by atoms with van der Waals surface area (Å²) in [6.07, 6.45) is 0. The van der Waals surface area contributed by atoms with Crippen LogP contribution in [0.4, 0.5) is 10.1 Å². The number of methoxy groups -OCH3 is 2. The number of carbonyl (C=O) groups is 2. The van der Waals surface area contributed by atoms with Crippen LogP contribution >= 0.6 is 0 Å². The summed E-state index contributed by atoms with van der Waals surface area (Å²) in [5, 5.41) is 11.3. The van der Waals surface area contributed by atoms with E-state index < -0.39 is 29.3 Å². The second-order valence-corrected chi connectivity index (χ2v) is 8.29. The Morgan fingerprint density at radius 2 is 1.72 bits per heavy atom. The Balaban J connectivity index is 1.73. The molecule has 0 radical (unpaired) electrons. The van der Waals surface area contributed by atoms with Crippen molar-refractivity contribution in [3.63, 3.8) is 0 Å². The number of fused-ring (bicyclic) bond motifs is 1. The van der Waals surface area contributed by atoms with Crippen molar-refractivity contribution in [3.05, 3.63) is 82.7 Å². The van der Waals surface area contributed by atoms with Crippen molar-refractivity contribution in [1.29, 1.82) is 0 Å². The van der Waals surface area contributed by atoms with Crippen LogP contribution in [0.1, 0.15) is 22.7 Å². The molecule has 36 heavy (non-hydrogen) atoms. The van der Waals surface area contributed by atoms with Gasteiger partial charge in [0.2, 0.25) is 6.79 Å². The molecule has 1 amide bonds. The standard InChI is InChI=1S/C27H22FNO7/c1-14-10-16(4-7-18(14)28)25(30)23-24(15-5-8-19(33-2)21(11-15)34-3)29(27(32)26(23)31)17-6-9-20-22(12-17)36-13-35-20/h4-12,24,30H,13H2,1-3H3/b25-23+. The molecule has 3 aromatic carbocycles. The summed E-state index contributed by atoms with van der Waals surface area (Å²) in [5.74, 6) is -0.821. The fraction of sp³-hybridized carbons (Fsp3) is 0.185. The largest absolute Gasteiger partial charge is 0.507 e. The van der Waals surface area contributed by atoms with Gasteiger partial charge in [0.15, 0.2) is 23.0 Å². The lowest BCUT2D eigenvalue weighted by Crippen LogP contribution is -2.29. The van der Waals surface area contributed by atoms with Gasteiger partial charge < -0.3 is 24.1 Å². The summed E-state index contributed by atoms with van der Waals surface area (Å²) in [4.78, 5) is 28.0. The van der Waals surface area contributed by atoms with Crippen molar-refractivity contribution in [2.75, 3.05) is 25.9 Å². The van der Waals surface area contributed by atoms with Crippen LogP contribution in [0.5, 0.6) is 23.0 Å². The van der Waals surface area contributed by atoms with Crippen LogP contribution in [0.25, 0.3) is 5.76 Å². The van der Waals surface area contributed by atoms with Gasteiger partial charge in [-0.15, -0.1) is 0 Å². The molecule has 2 aliphatic heterocycles. The van der Waals surface area contributed by atoms with Gasteiger partial charge in [0.05, 0.1) is 25.8 Å². The lowest BCUT2D eigenvalue weighted by Gasteiger charge is -2.26. The average molecular weight is 491 g/mol. The average Bonchev–Trinajstić information content (AvgIpc) is 3.46. The van der Waals surface area contributed by atoms with Crippen LogP contribution in [0, 0.1) is 12.7 Å². The first kappa shape index (κ1) is 23.2. The first-order chi connectivity index (χ1) is 17.3. The van der Waals surface area contributed by atoms with Crippen LogP contribution in [0.3, 0.4) is 0 Å². The molecular weight excluding hydrogens is 469 g/mol. The second-order valence-electron chi connectivity index (χ2n) is 8.29. The third-order valence-corrected chi connectivity index (χ3v) is 6.23. The predicted octanol–water partition coefficient (Wildman–Crippen LogP) is 4.51. The second kappa shape index (κ2) is 8.92. The van der Waals surface area contributed by atoms with Gasteiger partial charge in [0.1, 0.15) is 11.6 Å². The van der Waals surface area contributed by atoms with Crippen molar-refractivity contribution in [1.82, 2.24) is 0 Å². The summed E-state index contributed by atoms with van der Waals surface area (Å²) < 4.78 is 35.5. The normalized spacial score (nSPS) is 18.0. The molecule has 9 heteroatoms. The van der Waals surface area contributed by atoms with Gasteiger partial charge in [0, 0.05) is 17.3 Å². The Kier molecular flexibility index (Phi) is 5.75. The summed E-state index contributed by atoms with van der Waals surface area (Å²) in [7, 11) is 2.96. The zero-order valence-corrected chi connectivity index (χ0v) is 19.7. The molecule has 2 heterocycles. The van der Waals surface area contributed by atoms with E-state index >= 15 is 0 Å². The maximum Gasteiger partial charge on any atom is 0.300 e. The molecule has 2 aliphatic rings. The highest BCUT2D eigenvalue weighted by Gasteiger charge is 2.47. The van der Waals surface area contributed by atoms with Gasteiger partial charge in [-0.05, 0) is 60.5 Å². The minimum atomic E-state index is -1.02. The maximum absolute atomic E-state index is 13.9. The Morgan fingerprint density at radius 1 is 0.972 bits per heavy atom. The predicted molar refractivity (Wildman–Crippen MR) is 128 cm³/mol. The maximum atomic E-state index is 13.9. The van der Waals surface area contributed by atoms with E-state index in [1.54, 1.807) is 43.3 Å². The van der Waals surface area contributed by atoms with Gasteiger partial charge >= 0.3 is 0 Å². The number of ether oxygens (including phenoxy) is 4. The summed E-state index contributed by atoms with van der Waals surface area (Å²) >= 11 is 0. The van der Waals surface area contributed by atoms with Gasteiger partial charge in [0.25, 0.3) is 11.7 Å². The van der Waals surface area contributed by atoms with Gasteiger partial charge in [-0.1, -0.05) is 6.07 Å². The molecule has 1 N–H and O–H groups in total. The van der Waals surface area contributed by atoms with Gasteiger partial charge in [-0.25, -0.2) is 4.39 Å². The molecule has 1 fully saturated rings. The number of hydrogen-bond donors (Lipinski definition) is 1. The molecule has 1 unspecified atom stereocenters. The van der Waals surface area contributed by atoms with E-state index in [1.165, 1.54) is 37.3 Å². The zero-order valence-electron chi connectivity index (χ0n) is 19.7. The topological polar surface area (TPSA) is 94.5 Å². The highest BCUT2D eigenvalue weighted by molar-refractivity contribution is 6.51. The van der Waals surface area contributed by atoms with Crippen LogP contribution in [0.15, 0.2) is 60.2 Å². The zero-order chi connectivity index (χ0) is 25.6. The molecule has 1 atom stereocenters.